The van der Waals surface area contributed by atoms with Crippen LogP contribution in [-0.2, 0) is 10.8 Å². The van der Waals surface area contributed by atoms with E-state index in [2.05, 4.69) is 130 Å². The fourth-order valence-electron chi connectivity index (χ4n) is 9.14. The zero-order valence-corrected chi connectivity index (χ0v) is 30.2. The van der Waals surface area contributed by atoms with Crippen molar-refractivity contribution in [2.45, 2.75) is 38.5 Å². The Bertz CT molecular complexity index is 2600. The van der Waals surface area contributed by atoms with E-state index >= 15 is 0 Å². The van der Waals surface area contributed by atoms with Crippen LogP contribution in [0, 0.1) is 0 Å². The van der Waals surface area contributed by atoms with Crippen molar-refractivity contribution in [2.75, 3.05) is 4.90 Å². The van der Waals surface area contributed by atoms with Gasteiger partial charge in [-0.25, -0.2) is 0 Å². The number of allylic oxidation sites excluding steroid dienone is 1. The standard InChI is InChI=1S/C50H37NO2/c1-49(2)43-15-9-7-13-36(43)38-23-21-34(28-45(38)49)51(35-22-24-39-37-14-8-10-16-44(37)50(3,4)46(39)29-35)33-19-17-30(18-20-33)25-42-47(52)40-26-31-11-5-6-12-32(31)27-41(40)48(42)53/h5-29H,1-4H3. The van der Waals surface area contributed by atoms with Gasteiger partial charge in [0.2, 0.25) is 0 Å². The minimum absolute atomic E-state index is 0.144. The predicted octanol–water partition coefficient (Wildman–Crippen LogP) is 12.4. The van der Waals surface area contributed by atoms with E-state index in [4.69, 9.17) is 0 Å². The van der Waals surface area contributed by atoms with Crippen molar-refractivity contribution in [3.8, 4) is 22.3 Å². The highest BCUT2D eigenvalue weighted by molar-refractivity contribution is 6.42. The van der Waals surface area contributed by atoms with Gasteiger partial charge >= 0.3 is 0 Å². The van der Waals surface area contributed by atoms with Gasteiger partial charge in [0.05, 0.1) is 5.57 Å². The van der Waals surface area contributed by atoms with Crippen molar-refractivity contribution < 1.29 is 9.59 Å². The molecule has 0 bridgehead atoms. The summed E-state index contributed by atoms with van der Waals surface area (Å²) < 4.78 is 0. The van der Waals surface area contributed by atoms with Gasteiger partial charge in [0.15, 0.2) is 11.6 Å². The third-order valence-corrected chi connectivity index (χ3v) is 12.0. The molecule has 3 aliphatic rings. The monoisotopic (exact) mass is 683 g/mol. The first-order chi connectivity index (χ1) is 25.6. The summed E-state index contributed by atoms with van der Waals surface area (Å²) in [6.45, 7) is 9.26. The van der Waals surface area contributed by atoms with Gasteiger partial charge in [0.25, 0.3) is 0 Å². The van der Waals surface area contributed by atoms with Crippen molar-refractivity contribution in [3.05, 3.63) is 190 Å². The van der Waals surface area contributed by atoms with Gasteiger partial charge in [-0.3, -0.25) is 9.59 Å². The molecule has 7 aromatic rings. The molecule has 3 nitrogen and oxygen atoms in total. The van der Waals surface area contributed by atoms with E-state index in [0.717, 1.165) is 33.4 Å². The molecular formula is C50H37NO2. The maximum Gasteiger partial charge on any atom is 0.197 e. The normalized spacial score (nSPS) is 15.5. The quantitative estimate of drug-likeness (QED) is 0.137. The molecule has 0 saturated heterocycles. The highest BCUT2D eigenvalue weighted by Gasteiger charge is 2.38. The summed E-state index contributed by atoms with van der Waals surface area (Å²) in [5.74, 6) is -0.435. The molecule has 7 aromatic carbocycles. The minimum Gasteiger partial charge on any atom is -0.310 e. The number of carbonyl (C=O) groups is 2. The third-order valence-electron chi connectivity index (χ3n) is 12.0. The van der Waals surface area contributed by atoms with Gasteiger partial charge in [-0.05, 0) is 115 Å². The first-order valence-corrected chi connectivity index (χ1v) is 18.3. The third kappa shape index (κ3) is 4.53. The average molecular weight is 684 g/mol. The van der Waals surface area contributed by atoms with Gasteiger partial charge in [-0.15, -0.1) is 0 Å². The molecule has 0 heterocycles. The molecule has 0 radical (unpaired) electrons. The summed E-state index contributed by atoms with van der Waals surface area (Å²) in [5.41, 5.74) is 15.3. The maximum absolute atomic E-state index is 13.6. The summed E-state index contributed by atoms with van der Waals surface area (Å²) in [4.78, 5) is 29.5. The molecule has 0 fully saturated rings. The lowest BCUT2D eigenvalue weighted by Gasteiger charge is -2.29. The Hall–Kier alpha value is -6.32. The van der Waals surface area contributed by atoms with Crippen LogP contribution in [0.2, 0.25) is 0 Å². The Kier molecular flexibility index (Phi) is 6.57. The number of Topliss-reactive ketones (excluding diaryl/α,β-unsaturated/α-hetero) is 2. The van der Waals surface area contributed by atoms with Gasteiger partial charge in [0, 0.05) is 39.0 Å². The second-order valence-corrected chi connectivity index (χ2v) is 15.7. The van der Waals surface area contributed by atoms with Crippen LogP contribution in [0.4, 0.5) is 17.1 Å². The van der Waals surface area contributed by atoms with Crippen molar-refractivity contribution in [1.82, 2.24) is 0 Å². The van der Waals surface area contributed by atoms with Crippen LogP contribution in [0.5, 0.6) is 0 Å². The summed E-state index contributed by atoms with van der Waals surface area (Å²) in [7, 11) is 0. The molecule has 0 atom stereocenters. The number of nitrogens with zero attached hydrogens (tertiary/aromatic N) is 1. The molecule has 0 N–H and O–H groups in total. The highest BCUT2D eigenvalue weighted by atomic mass is 16.2. The zero-order chi connectivity index (χ0) is 36.2. The molecule has 0 aromatic heterocycles. The molecule has 0 aliphatic heterocycles. The van der Waals surface area contributed by atoms with Crippen LogP contribution < -0.4 is 4.90 Å². The van der Waals surface area contributed by atoms with Crippen molar-refractivity contribution in [2.24, 2.45) is 0 Å². The topological polar surface area (TPSA) is 37.4 Å². The van der Waals surface area contributed by atoms with Crippen LogP contribution in [0.3, 0.4) is 0 Å². The van der Waals surface area contributed by atoms with Crippen LogP contribution in [0.15, 0.2) is 151 Å². The zero-order valence-electron chi connectivity index (χ0n) is 30.2. The number of ketones is 2. The van der Waals surface area contributed by atoms with Gasteiger partial charge in [0.1, 0.15) is 0 Å². The molecule has 10 rings (SSSR count). The molecular weight excluding hydrogens is 647 g/mol. The van der Waals surface area contributed by atoms with E-state index in [-0.39, 0.29) is 28.0 Å². The number of rotatable bonds is 4. The molecule has 254 valence electrons. The van der Waals surface area contributed by atoms with Crippen molar-refractivity contribution in [3.63, 3.8) is 0 Å². The first kappa shape index (κ1) is 31.4. The number of benzene rings is 7. The minimum atomic E-state index is -0.218. The van der Waals surface area contributed by atoms with Gasteiger partial charge in [-0.1, -0.05) is 125 Å². The maximum atomic E-state index is 13.6. The number of fused-ring (bicyclic) bond motifs is 8. The second-order valence-electron chi connectivity index (χ2n) is 15.7. The summed E-state index contributed by atoms with van der Waals surface area (Å²) >= 11 is 0. The van der Waals surface area contributed by atoms with E-state index in [0.29, 0.717) is 11.1 Å². The number of anilines is 3. The molecule has 0 spiro atoms. The number of hydrogen-bond donors (Lipinski definition) is 0. The predicted molar refractivity (Wildman–Crippen MR) is 217 cm³/mol. The fraction of sp³-hybridized carbons (Fsp3) is 0.120. The Morgan fingerprint density at radius 2 is 0.830 bits per heavy atom. The number of carbonyl (C=O) groups excluding carboxylic acids is 2. The Labute approximate surface area is 309 Å². The molecule has 0 amide bonds. The summed E-state index contributed by atoms with van der Waals surface area (Å²) in [5, 5.41) is 1.91. The lowest BCUT2D eigenvalue weighted by atomic mass is 9.82. The van der Waals surface area contributed by atoms with E-state index in [1.54, 1.807) is 6.08 Å². The van der Waals surface area contributed by atoms with Crippen molar-refractivity contribution in [1.29, 1.82) is 0 Å². The average Bonchev–Trinajstić information content (AvgIpc) is 3.65. The Morgan fingerprint density at radius 3 is 1.32 bits per heavy atom. The molecule has 0 saturated carbocycles. The van der Waals surface area contributed by atoms with Gasteiger partial charge < -0.3 is 4.90 Å². The Morgan fingerprint density at radius 1 is 0.415 bits per heavy atom. The largest absolute Gasteiger partial charge is 0.310 e. The lowest BCUT2D eigenvalue weighted by Crippen LogP contribution is -2.18. The SMILES string of the molecule is CC1(C)c2ccccc2-c2ccc(N(c3ccc(C=C4C(=O)c5cc6ccccc6cc5C4=O)cc3)c3ccc4c(c3)C(C)(C)c3ccccc3-4)cc21. The summed E-state index contributed by atoms with van der Waals surface area (Å²) in [6.07, 6.45) is 1.74. The van der Waals surface area contributed by atoms with E-state index in [1.807, 2.05) is 48.5 Å². The van der Waals surface area contributed by atoms with E-state index in [9.17, 15) is 9.59 Å². The molecule has 0 unspecified atom stereocenters. The molecule has 3 heteroatoms. The highest BCUT2D eigenvalue weighted by Crippen LogP contribution is 2.53. The van der Waals surface area contributed by atoms with Crippen LogP contribution >= 0.6 is 0 Å². The van der Waals surface area contributed by atoms with E-state index < -0.39 is 0 Å². The number of hydrogen-bond acceptors (Lipinski definition) is 3. The Balaban J connectivity index is 1.08. The van der Waals surface area contributed by atoms with Crippen LogP contribution in [-0.4, -0.2) is 11.6 Å². The van der Waals surface area contributed by atoms with Crippen molar-refractivity contribution >= 4 is 45.5 Å². The van der Waals surface area contributed by atoms with E-state index in [1.165, 1.54) is 44.5 Å². The summed E-state index contributed by atoms with van der Waals surface area (Å²) in [6, 6.07) is 50.9. The lowest BCUT2D eigenvalue weighted by molar-refractivity contribution is 0.0990. The van der Waals surface area contributed by atoms with Crippen LogP contribution in [0.25, 0.3) is 39.1 Å². The second kappa shape index (κ2) is 11.1. The smallest absolute Gasteiger partial charge is 0.197 e. The first-order valence-electron chi connectivity index (χ1n) is 18.3. The molecule has 53 heavy (non-hydrogen) atoms. The van der Waals surface area contributed by atoms with Crippen LogP contribution in [0.1, 0.15) is 76.2 Å². The fourth-order valence-corrected chi connectivity index (χ4v) is 9.14. The molecule has 3 aliphatic carbocycles. The van der Waals surface area contributed by atoms with Gasteiger partial charge in [-0.2, -0.15) is 0 Å².